The molecule has 0 aliphatic carbocycles. The minimum Gasteiger partial charge on any atom is -0.378 e. The highest BCUT2D eigenvalue weighted by Gasteiger charge is 2.43. The standard InChI is InChI=1S/C10H20N4O5S2/c11-20(15,16)9-1-13(2-9)7-12-21(17,18)10-3-14(4-10)8-5-19-6-8/h8-10,12H,1-7H2,(H2,11,15,16). The molecule has 0 radical (unpaired) electrons. The molecule has 0 aromatic rings. The molecule has 0 bridgehead atoms. The van der Waals surface area contributed by atoms with Crippen LogP contribution in [0.2, 0.25) is 0 Å². The van der Waals surface area contributed by atoms with Crippen LogP contribution in [0, 0.1) is 0 Å². The van der Waals surface area contributed by atoms with Gasteiger partial charge in [-0.1, -0.05) is 0 Å². The molecule has 0 unspecified atom stereocenters. The van der Waals surface area contributed by atoms with Crippen molar-refractivity contribution in [1.29, 1.82) is 0 Å². The Labute approximate surface area is 124 Å². The topological polar surface area (TPSA) is 122 Å². The summed E-state index contributed by atoms with van der Waals surface area (Å²) in [5, 5.41) is 4.04. The first-order valence-electron chi connectivity index (χ1n) is 6.80. The van der Waals surface area contributed by atoms with Crippen LogP contribution in [-0.2, 0) is 24.8 Å². The van der Waals surface area contributed by atoms with E-state index in [1.807, 2.05) is 0 Å². The monoisotopic (exact) mass is 340 g/mol. The van der Waals surface area contributed by atoms with Crippen LogP contribution in [0.25, 0.3) is 0 Å². The zero-order valence-electron chi connectivity index (χ0n) is 11.5. The summed E-state index contributed by atoms with van der Waals surface area (Å²) in [6.45, 7) is 3.12. The molecule has 0 spiro atoms. The van der Waals surface area contributed by atoms with E-state index in [4.69, 9.17) is 9.88 Å². The van der Waals surface area contributed by atoms with Gasteiger partial charge in [0.15, 0.2) is 0 Å². The molecule has 0 aromatic carbocycles. The number of rotatable bonds is 6. The largest absolute Gasteiger partial charge is 0.378 e. The number of ether oxygens (including phenoxy) is 1. The SMILES string of the molecule is NS(=O)(=O)C1CN(CNS(=O)(=O)C2CN(C3COC3)C2)C1. The highest BCUT2D eigenvalue weighted by molar-refractivity contribution is 7.90. The van der Waals surface area contributed by atoms with E-state index in [0.717, 1.165) is 0 Å². The van der Waals surface area contributed by atoms with Crippen LogP contribution >= 0.6 is 0 Å². The number of nitrogens with one attached hydrogen (secondary N) is 1. The molecule has 0 saturated carbocycles. The lowest BCUT2D eigenvalue weighted by Gasteiger charge is -2.47. The van der Waals surface area contributed by atoms with Crippen molar-refractivity contribution in [2.24, 2.45) is 5.14 Å². The summed E-state index contributed by atoms with van der Waals surface area (Å²) in [6, 6.07) is 0.363. The van der Waals surface area contributed by atoms with E-state index in [-0.39, 0.29) is 19.8 Å². The number of primary sulfonamides is 1. The maximum Gasteiger partial charge on any atom is 0.218 e. The van der Waals surface area contributed by atoms with Gasteiger partial charge < -0.3 is 4.74 Å². The lowest BCUT2D eigenvalue weighted by atomic mass is 10.1. The second-order valence-electron chi connectivity index (χ2n) is 5.86. The quantitative estimate of drug-likeness (QED) is 0.526. The van der Waals surface area contributed by atoms with Gasteiger partial charge in [0.1, 0.15) is 10.5 Å². The van der Waals surface area contributed by atoms with Gasteiger partial charge in [-0.05, 0) is 0 Å². The van der Waals surface area contributed by atoms with Crippen molar-refractivity contribution in [1.82, 2.24) is 14.5 Å². The minimum atomic E-state index is -3.51. The first-order chi connectivity index (χ1) is 9.75. The highest BCUT2D eigenvalue weighted by Crippen LogP contribution is 2.22. The second kappa shape index (κ2) is 5.41. The Kier molecular flexibility index (Phi) is 4.01. The van der Waals surface area contributed by atoms with E-state index in [1.54, 1.807) is 4.90 Å². The number of nitrogens with two attached hydrogens (primary N) is 1. The third kappa shape index (κ3) is 3.23. The summed E-state index contributed by atoms with van der Waals surface area (Å²) in [4.78, 5) is 3.82. The average molecular weight is 340 g/mol. The van der Waals surface area contributed by atoms with Gasteiger partial charge in [-0.3, -0.25) is 9.80 Å². The molecule has 3 saturated heterocycles. The van der Waals surface area contributed by atoms with E-state index >= 15 is 0 Å². The first kappa shape index (κ1) is 15.6. The number of hydrogen-bond acceptors (Lipinski definition) is 7. The van der Waals surface area contributed by atoms with E-state index in [1.165, 1.54) is 0 Å². The molecule has 9 nitrogen and oxygen atoms in total. The van der Waals surface area contributed by atoms with Crippen LogP contribution in [0.5, 0.6) is 0 Å². The minimum absolute atomic E-state index is 0.136. The maximum absolute atomic E-state index is 12.1. The van der Waals surface area contributed by atoms with Gasteiger partial charge in [0, 0.05) is 26.2 Å². The number of hydrogen-bond donors (Lipinski definition) is 2. The fourth-order valence-electron chi connectivity index (χ4n) is 2.56. The van der Waals surface area contributed by atoms with E-state index in [2.05, 4.69) is 9.62 Å². The summed E-state index contributed by atoms with van der Waals surface area (Å²) in [7, 11) is -6.87. The van der Waals surface area contributed by atoms with Crippen LogP contribution in [0.15, 0.2) is 0 Å². The molecule has 0 amide bonds. The zero-order chi connectivity index (χ0) is 15.3. The normalized spacial score (nSPS) is 27.1. The van der Waals surface area contributed by atoms with E-state index in [9.17, 15) is 16.8 Å². The molecule has 11 heteroatoms. The molecule has 3 aliphatic rings. The molecule has 3 N–H and O–H groups in total. The summed E-state index contributed by atoms with van der Waals surface area (Å²) in [5.41, 5.74) is 0. The maximum atomic E-state index is 12.1. The van der Waals surface area contributed by atoms with Gasteiger partial charge >= 0.3 is 0 Å². The highest BCUT2D eigenvalue weighted by atomic mass is 32.2. The van der Waals surface area contributed by atoms with Crippen molar-refractivity contribution in [3.8, 4) is 0 Å². The van der Waals surface area contributed by atoms with Crippen LogP contribution in [0.3, 0.4) is 0 Å². The summed E-state index contributed by atoms with van der Waals surface area (Å²) >= 11 is 0. The molecule has 122 valence electrons. The van der Waals surface area contributed by atoms with Crippen molar-refractivity contribution >= 4 is 20.0 Å². The first-order valence-corrected chi connectivity index (χ1v) is 9.95. The van der Waals surface area contributed by atoms with E-state index in [0.29, 0.717) is 32.3 Å². The predicted octanol–water partition coefficient (Wildman–Crippen LogP) is -3.08. The lowest BCUT2D eigenvalue weighted by molar-refractivity contribution is -0.0831. The van der Waals surface area contributed by atoms with Gasteiger partial charge in [0.05, 0.1) is 25.9 Å². The fraction of sp³-hybridized carbons (Fsp3) is 1.00. The molecule has 0 aromatic heterocycles. The smallest absolute Gasteiger partial charge is 0.218 e. The predicted molar refractivity (Wildman–Crippen MR) is 75.4 cm³/mol. The molecule has 21 heavy (non-hydrogen) atoms. The summed E-state index contributed by atoms with van der Waals surface area (Å²) in [6.07, 6.45) is 0. The average Bonchev–Trinajstić information content (AvgIpc) is 2.14. The number of sulfonamides is 2. The Morgan fingerprint density at radius 3 is 2.14 bits per heavy atom. The Bertz CT molecular complexity index is 591. The van der Waals surface area contributed by atoms with E-state index < -0.39 is 30.5 Å². The Balaban J connectivity index is 1.39. The van der Waals surface area contributed by atoms with Crippen LogP contribution in [0.4, 0.5) is 0 Å². The van der Waals surface area contributed by atoms with Crippen molar-refractivity contribution in [2.45, 2.75) is 16.5 Å². The Hall–Kier alpha value is -0.300. The van der Waals surface area contributed by atoms with Crippen LogP contribution in [-0.4, -0.2) is 89.2 Å². The van der Waals surface area contributed by atoms with Crippen molar-refractivity contribution in [3.63, 3.8) is 0 Å². The van der Waals surface area contributed by atoms with Crippen molar-refractivity contribution in [2.75, 3.05) is 46.1 Å². The Morgan fingerprint density at radius 1 is 1.05 bits per heavy atom. The van der Waals surface area contributed by atoms with Gasteiger partial charge in [0.25, 0.3) is 0 Å². The zero-order valence-corrected chi connectivity index (χ0v) is 13.1. The molecule has 3 aliphatic heterocycles. The Morgan fingerprint density at radius 2 is 1.67 bits per heavy atom. The van der Waals surface area contributed by atoms with Gasteiger partial charge in [-0.2, -0.15) is 0 Å². The fourth-order valence-corrected chi connectivity index (χ4v) is 4.77. The van der Waals surface area contributed by atoms with Gasteiger partial charge in [-0.25, -0.2) is 26.7 Å². The summed E-state index contributed by atoms with van der Waals surface area (Å²) in [5.74, 6) is 0. The third-order valence-electron chi connectivity index (χ3n) is 4.33. The number of nitrogens with zero attached hydrogens (tertiary/aromatic N) is 2. The van der Waals surface area contributed by atoms with Crippen LogP contribution in [0.1, 0.15) is 0 Å². The summed E-state index contributed by atoms with van der Waals surface area (Å²) < 4.78 is 53.9. The van der Waals surface area contributed by atoms with Gasteiger partial charge in [-0.15, -0.1) is 0 Å². The molecular weight excluding hydrogens is 320 g/mol. The molecule has 3 heterocycles. The van der Waals surface area contributed by atoms with Crippen molar-refractivity contribution in [3.05, 3.63) is 0 Å². The third-order valence-corrected chi connectivity index (χ3v) is 7.26. The number of likely N-dealkylation sites (tertiary alicyclic amines) is 2. The van der Waals surface area contributed by atoms with Gasteiger partial charge in [0.2, 0.25) is 20.0 Å². The molecule has 0 atom stereocenters. The lowest BCUT2D eigenvalue weighted by Crippen LogP contribution is -2.66. The second-order valence-corrected chi connectivity index (χ2v) is 9.75. The molecule has 3 fully saturated rings. The van der Waals surface area contributed by atoms with Crippen LogP contribution < -0.4 is 9.86 Å². The molecular formula is C10H20N4O5S2. The molecule has 3 rings (SSSR count). The van der Waals surface area contributed by atoms with Crippen molar-refractivity contribution < 1.29 is 21.6 Å².